The van der Waals surface area contributed by atoms with Crippen LogP contribution in [-0.2, 0) is 4.79 Å². The van der Waals surface area contributed by atoms with Gasteiger partial charge in [0.2, 0.25) is 0 Å². The lowest BCUT2D eigenvalue weighted by Gasteiger charge is -2.13. The molecule has 0 radical (unpaired) electrons. The molecular weight excluding hydrogens is 196 g/mol. The first-order valence-electron chi connectivity index (χ1n) is 6.00. The zero-order valence-corrected chi connectivity index (χ0v) is 11.1. The van der Waals surface area contributed by atoms with Crippen molar-refractivity contribution >= 4 is 5.78 Å². The topological polar surface area (TPSA) is 17.1 Å². The third kappa shape index (κ3) is 5.11. The quantitative estimate of drug-likeness (QED) is 0.457. The highest BCUT2D eigenvalue weighted by molar-refractivity contribution is 5.97. The van der Waals surface area contributed by atoms with Crippen LogP contribution in [0.1, 0.15) is 47.0 Å². The normalized spacial score (nSPS) is 13.4. The summed E-state index contributed by atoms with van der Waals surface area (Å²) in [5, 5.41) is 0. The lowest BCUT2D eigenvalue weighted by Crippen LogP contribution is -2.04. The largest absolute Gasteiger partial charge is 0.295 e. The number of ketones is 1. The monoisotopic (exact) mass is 220 g/mol. The van der Waals surface area contributed by atoms with E-state index in [2.05, 4.69) is 33.9 Å². The minimum Gasteiger partial charge on any atom is -0.295 e. The molecule has 0 rings (SSSR count). The Bertz CT molecular complexity index is 307. The highest BCUT2D eigenvalue weighted by Crippen LogP contribution is 2.22. The van der Waals surface area contributed by atoms with Gasteiger partial charge in [0.25, 0.3) is 0 Å². The molecule has 1 unspecified atom stereocenters. The first kappa shape index (κ1) is 14.9. The lowest BCUT2D eigenvalue weighted by molar-refractivity contribution is -0.113. The first-order valence-corrected chi connectivity index (χ1v) is 6.00. The van der Waals surface area contributed by atoms with Crippen LogP contribution in [0.25, 0.3) is 0 Å². The molecule has 0 saturated carbocycles. The molecule has 1 heteroatoms. The summed E-state index contributed by atoms with van der Waals surface area (Å²) in [6, 6.07) is 0. The third-order valence-corrected chi connectivity index (χ3v) is 2.91. The predicted octanol–water partition coefficient (Wildman–Crippen LogP) is 4.46. The smallest absolute Gasteiger partial charge is 0.159 e. The highest BCUT2D eigenvalue weighted by Gasteiger charge is 2.11. The van der Waals surface area contributed by atoms with Gasteiger partial charge in [-0.3, -0.25) is 4.79 Å². The maximum atomic E-state index is 11.4. The number of carbonyl (C=O) groups is 1. The van der Waals surface area contributed by atoms with Crippen LogP contribution in [0.15, 0.2) is 36.0 Å². The summed E-state index contributed by atoms with van der Waals surface area (Å²) in [6.07, 6.45) is 4.96. The van der Waals surface area contributed by atoms with Crippen LogP contribution in [-0.4, -0.2) is 5.78 Å². The average molecular weight is 220 g/mol. The molecule has 0 fully saturated rings. The van der Waals surface area contributed by atoms with Gasteiger partial charge in [-0.05, 0) is 31.3 Å². The maximum Gasteiger partial charge on any atom is 0.159 e. The third-order valence-electron chi connectivity index (χ3n) is 2.91. The summed E-state index contributed by atoms with van der Waals surface area (Å²) in [5.41, 5.74) is 2.74. The van der Waals surface area contributed by atoms with Crippen LogP contribution in [0.5, 0.6) is 0 Å². The van der Waals surface area contributed by atoms with Gasteiger partial charge in [-0.15, -0.1) is 0 Å². The number of hydrogen-bond acceptors (Lipinski definition) is 1. The molecule has 1 atom stereocenters. The Labute approximate surface area is 99.9 Å². The molecular formula is C15H24O. The Hall–Kier alpha value is -1.11. The molecule has 0 heterocycles. The Balaban J connectivity index is 4.90. The van der Waals surface area contributed by atoms with Crippen LogP contribution in [0.3, 0.4) is 0 Å². The summed E-state index contributed by atoms with van der Waals surface area (Å²) < 4.78 is 0. The highest BCUT2D eigenvalue weighted by atomic mass is 16.1. The van der Waals surface area contributed by atoms with Crippen molar-refractivity contribution < 1.29 is 4.79 Å². The van der Waals surface area contributed by atoms with Crippen LogP contribution < -0.4 is 0 Å². The minimum absolute atomic E-state index is 0.0541. The van der Waals surface area contributed by atoms with Gasteiger partial charge in [0.15, 0.2) is 5.78 Å². The summed E-state index contributed by atoms with van der Waals surface area (Å²) >= 11 is 0. The van der Waals surface area contributed by atoms with E-state index >= 15 is 0 Å². The molecule has 0 amide bonds. The summed E-state index contributed by atoms with van der Waals surface area (Å²) in [6.45, 7) is 15.8. The molecule has 0 aromatic rings. The second kappa shape index (κ2) is 7.21. The fourth-order valence-corrected chi connectivity index (χ4v) is 1.36. The summed E-state index contributed by atoms with van der Waals surface area (Å²) in [7, 11) is 0. The van der Waals surface area contributed by atoms with Crippen molar-refractivity contribution in [2.45, 2.75) is 47.0 Å². The number of Topliss-reactive ketones (excluding diaryl/α,β-unsaturated/α-hetero) is 1. The fourth-order valence-electron chi connectivity index (χ4n) is 1.36. The standard InChI is InChI=1S/C15H24O/c1-7-11(3)9-15(10-12(4)8-2)13(5)14(6)16/h9,12H,3,5,7-8,10H2,1-2,4,6H3/b15-9-. The number of hydrogen-bond donors (Lipinski definition) is 0. The van der Waals surface area contributed by atoms with Crippen LogP contribution >= 0.6 is 0 Å². The molecule has 1 nitrogen and oxygen atoms in total. The second-order valence-electron chi connectivity index (χ2n) is 4.43. The zero-order chi connectivity index (χ0) is 12.7. The van der Waals surface area contributed by atoms with E-state index in [0.29, 0.717) is 11.5 Å². The fraction of sp³-hybridized carbons (Fsp3) is 0.533. The molecule has 0 saturated heterocycles. The van der Waals surface area contributed by atoms with Gasteiger partial charge in [0.1, 0.15) is 0 Å². The van der Waals surface area contributed by atoms with Gasteiger partial charge in [-0.2, -0.15) is 0 Å². The average Bonchev–Trinajstić information content (AvgIpc) is 2.26. The predicted molar refractivity (Wildman–Crippen MR) is 71.4 cm³/mol. The number of rotatable bonds is 7. The van der Waals surface area contributed by atoms with Crippen molar-refractivity contribution in [3.05, 3.63) is 36.0 Å². The SMILES string of the molecule is C=C(/C=C(/CC(C)CC)C(=C)C(C)=O)CC. The van der Waals surface area contributed by atoms with E-state index in [1.54, 1.807) is 6.92 Å². The molecule has 0 N–H and O–H groups in total. The molecule has 0 aliphatic rings. The van der Waals surface area contributed by atoms with E-state index in [0.717, 1.165) is 30.4 Å². The van der Waals surface area contributed by atoms with Crippen LogP contribution in [0, 0.1) is 5.92 Å². The maximum absolute atomic E-state index is 11.4. The Kier molecular flexibility index (Phi) is 6.71. The molecule has 90 valence electrons. The van der Waals surface area contributed by atoms with Crippen molar-refractivity contribution in [1.82, 2.24) is 0 Å². The van der Waals surface area contributed by atoms with Gasteiger partial charge in [-0.1, -0.05) is 52.0 Å². The van der Waals surface area contributed by atoms with Crippen LogP contribution in [0.4, 0.5) is 0 Å². The molecule has 0 spiro atoms. The summed E-state index contributed by atoms with van der Waals surface area (Å²) in [4.78, 5) is 11.4. The van der Waals surface area contributed by atoms with E-state index in [1.165, 1.54) is 0 Å². The molecule has 0 aliphatic heterocycles. The number of carbonyl (C=O) groups excluding carboxylic acids is 1. The Morgan fingerprint density at radius 1 is 1.31 bits per heavy atom. The Morgan fingerprint density at radius 3 is 2.25 bits per heavy atom. The van der Waals surface area contributed by atoms with Crippen molar-refractivity contribution in [3.8, 4) is 0 Å². The van der Waals surface area contributed by atoms with Crippen molar-refractivity contribution in [2.24, 2.45) is 5.92 Å². The summed E-state index contributed by atoms with van der Waals surface area (Å²) in [5.74, 6) is 0.630. The van der Waals surface area contributed by atoms with Gasteiger partial charge < -0.3 is 0 Å². The molecule has 0 aromatic heterocycles. The van der Waals surface area contributed by atoms with E-state index in [4.69, 9.17) is 0 Å². The van der Waals surface area contributed by atoms with E-state index in [-0.39, 0.29) is 5.78 Å². The molecule has 0 aromatic carbocycles. The van der Waals surface area contributed by atoms with Crippen molar-refractivity contribution in [3.63, 3.8) is 0 Å². The zero-order valence-electron chi connectivity index (χ0n) is 11.1. The van der Waals surface area contributed by atoms with Crippen molar-refractivity contribution in [1.29, 1.82) is 0 Å². The molecule has 16 heavy (non-hydrogen) atoms. The molecule has 0 aliphatic carbocycles. The van der Waals surface area contributed by atoms with Gasteiger partial charge in [0, 0.05) is 5.57 Å². The van der Waals surface area contributed by atoms with Gasteiger partial charge in [-0.25, -0.2) is 0 Å². The van der Waals surface area contributed by atoms with E-state index < -0.39 is 0 Å². The van der Waals surface area contributed by atoms with Crippen LogP contribution in [0.2, 0.25) is 0 Å². The van der Waals surface area contributed by atoms with E-state index in [9.17, 15) is 4.79 Å². The second-order valence-corrected chi connectivity index (χ2v) is 4.43. The van der Waals surface area contributed by atoms with Gasteiger partial charge >= 0.3 is 0 Å². The lowest BCUT2D eigenvalue weighted by atomic mass is 9.91. The minimum atomic E-state index is 0.0541. The number of allylic oxidation sites excluding steroid dienone is 4. The Morgan fingerprint density at radius 2 is 1.88 bits per heavy atom. The van der Waals surface area contributed by atoms with E-state index in [1.807, 2.05) is 6.08 Å². The van der Waals surface area contributed by atoms with Gasteiger partial charge in [0.05, 0.1) is 0 Å². The first-order chi connectivity index (χ1) is 7.42. The van der Waals surface area contributed by atoms with Crippen molar-refractivity contribution in [2.75, 3.05) is 0 Å². The molecule has 0 bridgehead atoms.